The van der Waals surface area contributed by atoms with E-state index in [9.17, 15) is 14.7 Å². The summed E-state index contributed by atoms with van der Waals surface area (Å²) in [6, 6.07) is 10.2. The first-order chi connectivity index (χ1) is 12.6. The Bertz CT molecular complexity index is 620. The Morgan fingerprint density at radius 2 is 2.08 bits per heavy atom. The molecule has 0 aliphatic carbocycles. The third-order valence-electron chi connectivity index (χ3n) is 5.54. The Balaban J connectivity index is 1.37. The Labute approximate surface area is 154 Å². The van der Waals surface area contributed by atoms with Gasteiger partial charge in [-0.15, -0.1) is 0 Å². The SMILES string of the molecule is O=C(CCCOCCc1ccccc1)N1C[C@H]2COCC[C@@]2(C(=O)O)C1. The number of rotatable bonds is 8. The molecule has 6 heteroatoms. The van der Waals surface area contributed by atoms with Gasteiger partial charge in [0.25, 0.3) is 0 Å². The summed E-state index contributed by atoms with van der Waals surface area (Å²) in [6.45, 7) is 2.87. The molecule has 2 aliphatic heterocycles. The molecule has 1 aromatic carbocycles. The van der Waals surface area contributed by atoms with Gasteiger partial charge in [0.15, 0.2) is 0 Å². The number of amides is 1. The van der Waals surface area contributed by atoms with Crippen molar-refractivity contribution in [2.75, 3.05) is 39.5 Å². The molecular weight excluding hydrogens is 334 g/mol. The van der Waals surface area contributed by atoms with Crippen molar-refractivity contribution in [1.29, 1.82) is 0 Å². The number of hydrogen-bond donors (Lipinski definition) is 1. The van der Waals surface area contributed by atoms with Crippen LogP contribution in [0.1, 0.15) is 24.8 Å². The van der Waals surface area contributed by atoms with E-state index in [1.807, 2.05) is 18.2 Å². The summed E-state index contributed by atoms with van der Waals surface area (Å²) in [6.07, 6.45) is 2.41. The summed E-state index contributed by atoms with van der Waals surface area (Å²) in [5.41, 5.74) is 0.421. The van der Waals surface area contributed by atoms with Crippen LogP contribution in [0.15, 0.2) is 30.3 Å². The van der Waals surface area contributed by atoms with Gasteiger partial charge in [0, 0.05) is 38.6 Å². The Kier molecular flexibility index (Phi) is 6.27. The van der Waals surface area contributed by atoms with Gasteiger partial charge in [-0.25, -0.2) is 0 Å². The molecule has 2 aliphatic rings. The molecular formula is C20H27NO5. The van der Waals surface area contributed by atoms with Crippen molar-refractivity contribution in [3.63, 3.8) is 0 Å². The normalized spacial score (nSPS) is 25.1. The van der Waals surface area contributed by atoms with Crippen molar-refractivity contribution in [3.8, 4) is 0 Å². The number of nitrogens with zero attached hydrogens (tertiary/aromatic N) is 1. The second-order valence-electron chi connectivity index (χ2n) is 7.21. The van der Waals surface area contributed by atoms with E-state index in [1.165, 1.54) is 5.56 Å². The fourth-order valence-corrected chi connectivity index (χ4v) is 3.91. The van der Waals surface area contributed by atoms with Gasteiger partial charge < -0.3 is 19.5 Å². The highest BCUT2D eigenvalue weighted by molar-refractivity contribution is 5.81. The molecule has 0 aromatic heterocycles. The average Bonchev–Trinajstić information content (AvgIpc) is 3.06. The summed E-state index contributed by atoms with van der Waals surface area (Å²) in [7, 11) is 0. The summed E-state index contributed by atoms with van der Waals surface area (Å²) in [4.78, 5) is 25.9. The van der Waals surface area contributed by atoms with Crippen molar-refractivity contribution < 1.29 is 24.2 Å². The Morgan fingerprint density at radius 1 is 1.27 bits per heavy atom. The lowest BCUT2D eigenvalue weighted by Crippen LogP contribution is -2.45. The molecule has 2 atom stereocenters. The van der Waals surface area contributed by atoms with Gasteiger partial charge in [-0.3, -0.25) is 9.59 Å². The number of benzene rings is 1. The maximum absolute atomic E-state index is 12.4. The van der Waals surface area contributed by atoms with E-state index in [1.54, 1.807) is 4.90 Å². The molecule has 2 saturated heterocycles. The monoisotopic (exact) mass is 361 g/mol. The molecule has 2 heterocycles. The minimum Gasteiger partial charge on any atom is -0.481 e. The van der Waals surface area contributed by atoms with Crippen LogP contribution < -0.4 is 0 Å². The van der Waals surface area contributed by atoms with Crippen molar-refractivity contribution in [2.24, 2.45) is 11.3 Å². The maximum atomic E-state index is 12.4. The summed E-state index contributed by atoms with van der Waals surface area (Å²) < 4.78 is 11.0. The van der Waals surface area contributed by atoms with Crippen LogP contribution in [0.25, 0.3) is 0 Å². The van der Waals surface area contributed by atoms with E-state index in [2.05, 4.69) is 12.1 Å². The minimum absolute atomic E-state index is 0.0201. The summed E-state index contributed by atoms with van der Waals surface area (Å²) >= 11 is 0. The maximum Gasteiger partial charge on any atom is 0.311 e. The Morgan fingerprint density at radius 3 is 2.81 bits per heavy atom. The zero-order valence-electron chi connectivity index (χ0n) is 15.1. The third kappa shape index (κ3) is 4.24. The van der Waals surface area contributed by atoms with Gasteiger partial charge in [-0.05, 0) is 24.8 Å². The predicted molar refractivity (Wildman–Crippen MR) is 95.8 cm³/mol. The van der Waals surface area contributed by atoms with Crippen LogP contribution in [0.2, 0.25) is 0 Å². The van der Waals surface area contributed by atoms with E-state index in [-0.39, 0.29) is 11.8 Å². The van der Waals surface area contributed by atoms with Gasteiger partial charge in [-0.2, -0.15) is 0 Å². The molecule has 142 valence electrons. The number of aliphatic carboxylic acids is 1. The molecule has 1 amide bonds. The van der Waals surface area contributed by atoms with Gasteiger partial charge in [0.05, 0.1) is 18.6 Å². The van der Waals surface area contributed by atoms with Gasteiger partial charge in [0.2, 0.25) is 5.91 Å². The highest BCUT2D eigenvalue weighted by Gasteiger charge is 2.54. The van der Waals surface area contributed by atoms with Gasteiger partial charge in [-0.1, -0.05) is 30.3 Å². The first-order valence-corrected chi connectivity index (χ1v) is 9.32. The number of carboxylic acids is 1. The number of carbonyl (C=O) groups excluding carboxylic acids is 1. The molecule has 1 N–H and O–H groups in total. The molecule has 26 heavy (non-hydrogen) atoms. The third-order valence-corrected chi connectivity index (χ3v) is 5.54. The molecule has 2 fully saturated rings. The van der Waals surface area contributed by atoms with E-state index in [0.717, 1.165) is 6.42 Å². The lowest BCUT2D eigenvalue weighted by Gasteiger charge is -2.33. The first kappa shape index (κ1) is 18.9. The summed E-state index contributed by atoms with van der Waals surface area (Å²) in [5, 5.41) is 9.65. The molecule has 6 nitrogen and oxygen atoms in total. The molecule has 1 aromatic rings. The average molecular weight is 361 g/mol. The van der Waals surface area contributed by atoms with Crippen LogP contribution in [0, 0.1) is 11.3 Å². The number of hydrogen-bond acceptors (Lipinski definition) is 4. The smallest absolute Gasteiger partial charge is 0.311 e. The molecule has 3 rings (SSSR count). The van der Waals surface area contributed by atoms with Crippen LogP contribution in [-0.2, 0) is 25.5 Å². The van der Waals surface area contributed by atoms with Crippen molar-refractivity contribution in [3.05, 3.63) is 35.9 Å². The number of ether oxygens (including phenoxy) is 2. The van der Waals surface area contributed by atoms with E-state index >= 15 is 0 Å². The number of fused-ring (bicyclic) bond motifs is 1. The number of likely N-dealkylation sites (tertiary alicyclic amines) is 1. The van der Waals surface area contributed by atoms with E-state index in [4.69, 9.17) is 9.47 Å². The van der Waals surface area contributed by atoms with E-state index in [0.29, 0.717) is 58.8 Å². The fourth-order valence-electron chi connectivity index (χ4n) is 3.91. The quantitative estimate of drug-likeness (QED) is 0.717. The molecule has 0 radical (unpaired) electrons. The zero-order valence-corrected chi connectivity index (χ0v) is 15.1. The highest BCUT2D eigenvalue weighted by Crippen LogP contribution is 2.42. The van der Waals surface area contributed by atoms with Crippen molar-refractivity contribution in [2.45, 2.75) is 25.7 Å². The first-order valence-electron chi connectivity index (χ1n) is 9.32. The van der Waals surface area contributed by atoms with Crippen LogP contribution in [0.5, 0.6) is 0 Å². The second-order valence-corrected chi connectivity index (χ2v) is 7.21. The molecule has 0 saturated carbocycles. The largest absolute Gasteiger partial charge is 0.481 e. The fraction of sp³-hybridized carbons (Fsp3) is 0.600. The van der Waals surface area contributed by atoms with Crippen LogP contribution in [-0.4, -0.2) is 61.4 Å². The minimum atomic E-state index is -0.819. The van der Waals surface area contributed by atoms with Crippen molar-refractivity contribution >= 4 is 11.9 Å². The van der Waals surface area contributed by atoms with Crippen molar-refractivity contribution in [1.82, 2.24) is 4.90 Å². The van der Waals surface area contributed by atoms with Gasteiger partial charge >= 0.3 is 5.97 Å². The molecule has 0 spiro atoms. The lowest BCUT2D eigenvalue weighted by atomic mass is 9.74. The van der Waals surface area contributed by atoms with Crippen LogP contribution in [0.3, 0.4) is 0 Å². The zero-order chi connectivity index (χ0) is 18.4. The Hall–Kier alpha value is -1.92. The summed E-state index contributed by atoms with van der Waals surface area (Å²) in [5.74, 6) is -0.878. The topological polar surface area (TPSA) is 76.1 Å². The standard InChI is InChI=1S/C20H27NO5/c22-18(7-4-10-25-11-8-16-5-2-1-3-6-16)21-13-17-14-26-12-9-20(17,15-21)19(23)24/h1-3,5-6,17H,4,7-15H2,(H,23,24)/t17-,20+/m0/s1. The highest BCUT2D eigenvalue weighted by atomic mass is 16.5. The van der Waals surface area contributed by atoms with Crippen LogP contribution in [0.4, 0.5) is 0 Å². The number of carbonyl (C=O) groups is 2. The lowest BCUT2D eigenvalue weighted by molar-refractivity contribution is -0.157. The second kappa shape index (κ2) is 8.64. The number of carboxylic acid groups (broad SMARTS) is 1. The van der Waals surface area contributed by atoms with Crippen LogP contribution >= 0.6 is 0 Å². The predicted octanol–water partition coefficient (Wildman–Crippen LogP) is 1.98. The van der Waals surface area contributed by atoms with Gasteiger partial charge in [0.1, 0.15) is 0 Å². The molecule has 0 bridgehead atoms. The molecule has 0 unspecified atom stereocenters. The van der Waals surface area contributed by atoms with E-state index < -0.39 is 11.4 Å².